The Labute approximate surface area is 138 Å². The number of hydrogen-bond donors (Lipinski definition) is 3. The summed E-state index contributed by atoms with van der Waals surface area (Å²) in [4.78, 5) is 8.94. The normalized spacial score (nSPS) is 11.0. The summed E-state index contributed by atoms with van der Waals surface area (Å²) in [7, 11) is 1.82. The standard InChI is InChI=1S/C15H17ClN6O/c1-9-3-4-10(7-12(9)16)19-15-20-13(17-5-6-23)11-8-18-22(2)14(11)21-15/h3-4,7-8,23H,5-6H2,1-2H3,(H2,17,19,20,21). The molecule has 3 rings (SSSR count). The monoisotopic (exact) mass is 332 g/mol. The van der Waals surface area contributed by atoms with Gasteiger partial charge in [-0.1, -0.05) is 17.7 Å². The summed E-state index contributed by atoms with van der Waals surface area (Å²) in [6.45, 7) is 2.36. The molecule has 0 radical (unpaired) electrons. The van der Waals surface area contributed by atoms with E-state index in [1.54, 1.807) is 10.9 Å². The van der Waals surface area contributed by atoms with E-state index in [9.17, 15) is 0 Å². The summed E-state index contributed by atoms with van der Waals surface area (Å²) in [5.41, 5.74) is 2.50. The number of rotatable bonds is 5. The molecule has 0 unspecified atom stereocenters. The van der Waals surface area contributed by atoms with Crippen molar-refractivity contribution in [2.45, 2.75) is 6.92 Å². The Morgan fingerprint density at radius 1 is 1.30 bits per heavy atom. The molecule has 0 aliphatic heterocycles. The van der Waals surface area contributed by atoms with E-state index < -0.39 is 0 Å². The van der Waals surface area contributed by atoms with Crippen LogP contribution in [0.4, 0.5) is 17.5 Å². The Bertz CT molecular complexity index is 847. The number of halogens is 1. The van der Waals surface area contributed by atoms with Crippen LogP contribution >= 0.6 is 11.6 Å². The van der Waals surface area contributed by atoms with E-state index in [4.69, 9.17) is 16.7 Å². The van der Waals surface area contributed by atoms with E-state index in [1.165, 1.54) is 0 Å². The van der Waals surface area contributed by atoms with Gasteiger partial charge in [-0.2, -0.15) is 15.1 Å². The van der Waals surface area contributed by atoms with Crippen molar-refractivity contribution in [3.05, 3.63) is 35.0 Å². The number of nitrogens with zero attached hydrogens (tertiary/aromatic N) is 4. The van der Waals surface area contributed by atoms with Gasteiger partial charge < -0.3 is 15.7 Å². The van der Waals surface area contributed by atoms with Crippen LogP contribution in [0.25, 0.3) is 11.0 Å². The average Bonchev–Trinajstić information content (AvgIpc) is 2.90. The zero-order valence-electron chi connectivity index (χ0n) is 12.8. The second kappa shape index (κ2) is 6.39. The Morgan fingerprint density at radius 3 is 2.87 bits per heavy atom. The number of aromatic nitrogens is 4. The first-order valence-electron chi connectivity index (χ1n) is 7.16. The maximum atomic E-state index is 9.01. The molecule has 0 saturated carbocycles. The molecular formula is C15H17ClN6O. The van der Waals surface area contributed by atoms with Crippen molar-refractivity contribution in [3.8, 4) is 0 Å². The van der Waals surface area contributed by atoms with Crippen LogP contribution in [0.3, 0.4) is 0 Å². The molecule has 3 N–H and O–H groups in total. The van der Waals surface area contributed by atoms with E-state index in [0.717, 1.165) is 16.6 Å². The highest BCUT2D eigenvalue weighted by molar-refractivity contribution is 6.31. The first-order valence-corrected chi connectivity index (χ1v) is 7.54. The lowest BCUT2D eigenvalue weighted by Crippen LogP contribution is -2.09. The molecule has 7 nitrogen and oxygen atoms in total. The number of aliphatic hydroxyl groups is 1. The molecular weight excluding hydrogens is 316 g/mol. The van der Waals surface area contributed by atoms with Gasteiger partial charge in [-0.25, -0.2) is 0 Å². The number of nitrogens with one attached hydrogen (secondary N) is 2. The van der Waals surface area contributed by atoms with Crippen LogP contribution in [0, 0.1) is 6.92 Å². The van der Waals surface area contributed by atoms with E-state index in [0.29, 0.717) is 29.0 Å². The van der Waals surface area contributed by atoms with Crippen molar-refractivity contribution in [1.82, 2.24) is 19.7 Å². The van der Waals surface area contributed by atoms with Crippen LogP contribution in [0.15, 0.2) is 24.4 Å². The molecule has 120 valence electrons. The fourth-order valence-electron chi connectivity index (χ4n) is 2.19. The Morgan fingerprint density at radius 2 is 2.13 bits per heavy atom. The third-order valence-corrected chi connectivity index (χ3v) is 3.83. The molecule has 0 amide bonds. The number of aryl methyl sites for hydroxylation is 2. The first-order chi connectivity index (χ1) is 11.1. The van der Waals surface area contributed by atoms with Gasteiger partial charge in [0.15, 0.2) is 5.65 Å². The topological polar surface area (TPSA) is 87.9 Å². The second-order valence-corrected chi connectivity index (χ2v) is 5.55. The summed E-state index contributed by atoms with van der Waals surface area (Å²) in [6.07, 6.45) is 1.70. The molecule has 0 bridgehead atoms. The first kappa shape index (κ1) is 15.5. The summed E-state index contributed by atoms with van der Waals surface area (Å²) < 4.78 is 1.68. The van der Waals surface area contributed by atoms with Gasteiger partial charge in [-0.15, -0.1) is 0 Å². The molecule has 3 aromatic rings. The smallest absolute Gasteiger partial charge is 0.231 e. The largest absolute Gasteiger partial charge is 0.395 e. The van der Waals surface area contributed by atoms with Crippen molar-refractivity contribution in [3.63, 3.8) is 0 Å². The summed E-state index contributed by atoms with van der Waals surface area (Å²) in [6, 6.07) is 5.67. The predicted molar refractivity (Wildman–Crippen MR) is 91.4 cm³/mol. The molecule has 2 aromatic heterocycles. The van der Waals surface area contributed by atoms with Crippen molar-refractivity contribution >= 4 is 40.1 Å². The zero-order valence-corrected chi connectivity index (χ0v) is 13.6. The SMILES string of the molecule is Cc1ccc(Nc2nc(NCCO)c3cnn(C)c3n2)cc1Cl. The van der Waals surface area contributed by atoms with Gasteiger partial charge >= 0.3 is 0 Å². The van der Waals surface area contributed by atoms with Crippen LogP contribution in [0.1, 0.15) is 5.56 Å². The molecule has 0 spiro atoms. The van der Waals surface area contributed by atoms with Crippen LogP contribution in [-0.2, 0) is 7.05 Å². The molecule has 0 aliphatic carbocycles. The van der Waals surface area contributed by atoms with E-state index in [2.05, 4.69) is 25.7 Å². The maximum Gasteiger partial charge on any atom is 0.231 e. The van der Waals surface area contributed by atoms with Gasteiger partial charge in [-0.05, 0) is 24.6 Å². The van der Waals surface area contributed by atoms with Gasteiger partial charge in [-0.3, -0.25) is 4.68 Å². The minimum atomic E-state index is 0.0160. The third-order valence-electron chi connectivity index (χ3n) is 3.42. The quantitative estimate of drug-likeness (QED) is 0.665. The summed E-state index contributed by atoms with van der Waals surface area (Å²) in [5.74, 6) is 1.05. The summed E-state index contributed by atoms with van der Waals surface area (Å²) in [5, 5.41) is 20.9. The van der Waals surface area contributed by atoms with Gasteiger partial charge in [0.05, 0.1) is 18.2 Å². The van der Waals surface area contributed by atoms with Crippen molar-refractivity contribution in [1.29, 1.82) is 0 Å². The molecule has 0 atom stereocenters. The van der Waals surface area contributed by atoms with Crippen molar-refractivity contribution in [2.75, 3.05) is 23.8 Å². The number of benzene rings is 1. The molecule has 23 heavy (non-hydrogen) atoms. The van der Waals surface area contributed by atoms with E-state index in [-0.39, 0.29) is 6.61 Å². The summed E-state index contributed by atoms with van der Waals surface area (Å²) >= 11 is 6.15. The Hall–Kier alpha value is -2.38. The number of hydrogen-bond acceptors (Lipinski definition) is 6. The fourth-order valence-corrected chi connectivity index (χ4v) is 2.37. The van der Waals surface area contributed by atoms with Gasteiger partial charge in [0.25, 0.3) is 0 Å². The number of fused-ring (bicyclic) bond motifs is 1. The lowest BCUT2D eigenvalue weighted by molar-refractivity contribution is 0.311. The minimum Gasteiger partial charge on any atom is -0.395 e. The van der Waals surface area contributed by atoms with Crippen molar-refractivity contribution in [2.24, 2.45) is 7.05 Å². The lowest BCUT2D eigenvalue weighted by Gasteiger charge is -2.10. The molecule has 0 fully saturated rings. The van der Waals surface area contributed by atoms with Crippen LogP contribution in [0.2, 0.25) is 5.02 Å². The average molecular weight is 333 g/mol. The molecule has 1 aromatic carbocycles. The highest BCUT2D eigenvalue weighted by Gasteiger charge is 2.11. The predicted octanol–water partition coefficient (Wildman–Crippen LogP) is 2.47. The molecule has 8 heteroatoms. The van der Waals surface area contributed by atoms with Gasteiger partial charge in [0.1, 0.15) is 5.82 Å². The molecule has 0 aliphatic rings. The number of anilines is 3. The van der Waals surface area contributed by atoms with Crippen LogP contribution in [-0.4, -0.2) is 38.0 Å². The Kier molecular flexibility index (Phi) is 4.31. The lowest BCUT2D eigenvalue weighted by atomic mass is 10.2. The highest BCUT2D eigenvalue weighted by atomic mass is 35.5. The van der Waals surface area contributed by atoms with E-state index >= 15 is 0 Å². The van der Waals surface area contributed by atoms with E-state index in [1.807, 2.05) is 32.2 Å². The highest BCUT2D eigenvalue weighted by Crippen LogP contribution is 2.25. The molecule has 2 heterocycles. The zero-order chi connectivity index (χ0) is 16.4. The van der Waals surface area contributed by atoms with Crippen LogP contribution < -0.4 is 10.6 Å². The van der Waals surface area contributed by atoms with Gasteiger partial charge in [0, 0.05) is 24.3 Å². The van der Waals surface area contributed by atoms with Gasteiger partial charge in [0.2, 0.25) is 5.95 Å². The maximum absolute atomic E-state index is 9.01. The fraction of sp³-hybridized carbons (Fsp3) is 0.267. The molecule has 0 saturated heterocycles. The minimum absolute atomic E-state index is 0.0160. The number of aliphatic hydroxyl groups excluding tert-OH is 1. The Balaban J connectivity index is 1.99. The van der Waals surface area contributed by atoms with Crippen molar-refractivity contribution < 1.29 is 5.11 Å². The third kappa shape index (κ3) is 3.20. The second-order valence-electron chi connectivity index (χ2n) is 5.14. The van der Waals surface area contributed by atoms with Crippen LogP contribution in [0.5, 0.6) is 0 Å².